The van der Waals surface area contributed by atoms with Crippen LogP contribution in [0.5, 0.6) is 0 Å². The Morgan fingerprint density at radius 2 is 1.79 bits per heavy atom. The van der Waals surface area contributed by atoms with E-state index in [1.807, 2.05) is 0 Å². The fraction of sp³-hybridized carbons (Fsp3) is 0.118. The van der Waals surface area contributed by atoms with Crippen LogP contribution in [0, 0.1) is 18.6 Å². The minimum atomic E-state index is -2.85. The molecule has 0 bridgehead atoms. The van der Waals surface area contributed by atoms with Gasteiger partial charge in [0.15, 0.2) is 5.82 Å². The molecule has 0 saturated carbocycles. The van der Waals surface area contributed by atoms with E-state index >= 15 is 0 Å². The molecule has 0 amide bonds. The molecule has 4 heterocycles. The number of pyridine rings is 2. The first-order valence-corrected chi connectivity index (χ1v) is 7.88. The summed E-state index contributed by atoms with van der Waals surface area (Å²) in [7, 11) is 0. The van der Waals surface area contributed by atoms with Crippen LogP contribution in [0.4, 0.5) is 17.6 Å². The predicted molar refractivity (Wildman–Crippen MR) is 87.9 cm³/mol. The number of aryl methyl sites for hydroxylation is 1. The average Bonchev–Trinajstić information content (AvgIpc) is 3.34. The molecular weight excluding hydrogens is 380 g/mol. The van der Waals surface area contributed by atoms with E-state index in [1.165, 1.54) is 25.1 Å². The summed E-state index contributed by atoms with van der Waals surface area (Å²) in [6.45, 7) is -1.43. The molecule has 0 saturated heterocycles. The molecule has 0 aliphatic heterocycles. The molecule has 11 heteroatoms. The fourth-order valence-corrected chi connectivity index (χ4v) is 2.49. The van der Waals surface area contributed by atoms with Crippen LogP contribution in [0.15, 0.2) is 41.2 Å². The van der Waals surface area contributed by atoms with Crippen LogP contribution >= 0.6 is 0 Å². The maximum absolute atomic E-state index is 14.5. The van der Waals surface area contributed by atoms with Crippen LogP contribution in [0.2, 0.25) is 0 Å². The third-order valence-corrected chi connectivity index (χ3v) is 3.83. The van der Waals surface area contributed by atoms with Crippen molar-refractivity contribution in [3.63, 3.8) is 0 Å². The molecule has 0 spiro atoms. The van der Waals surface area contributed by atoms with Crippen molar-refractivity contribution in [3.05, 3.63) is 54.1 Å². The molecule has 4 rings (SSSR count). The zero-order valence-electron chi connectivity index (χ0n) is 14.1. The molecule has 4 aromatic rings. The van der Waals surface area contributed by atoms with E-state index in [9.17, 15) is 17.6 Å². The number of alkyl halides is 2. The fourth-order valence-electron chi connectivity index (χ4n) is 2.49. The van der Waals surface area contributed by atoms with Gasteiger partial charge in [0.25, 0.3) is 11.8 Å². The standard InChI is InChI=1S/C17H10F4N6O/c1-8-14(19)11(9-5-23-27(7-9)17(20)21)4-13(24-8)16-26-25-15(28-16)12-3-2-10(18)6-22-12/h2-7,17H,1H3. The van der Waals surface area contributed by atoms with Gasteiger partial charge in [-0.15, -0.1) is 10.2 Å². The largest absolute Gasteiger partial charge is 0.413 e. The van der Waals surface area contributed by atoms with Gasteiger partial charge in [0.05, 0.1) is 18.1 Å². The number of hydrogen-bond donors (Lipinski definition) is 0. The van der Waals surface area contributed by atoms with Gasteiger partial charge in [-0.1, -0.05) is 0 Å². The summed E-state index contributed by atoms with van der Waals surface area (Å²) >= 11 is 0. The molecular formula is C17H10F4N6O. The van der Waals surface area contributed by atoms with Gasteiger partial charge >= 0.3 is 6.55 Å². The summed E-state index contributed by atoms with van der Waals surface area (Å²) in [4.78, 5) is 7.90. The molecule has 7 nitrogen and oxygen atoms in total. The van der Waals surface area contributed by atoms with Crippen molar-refractivity contribution in [2.24, 2.45) is 0 Å². The maximum atomic E-state index is 14.5. The van der Waals surface area contributed by atoms with Crippen LogP contribution in [0.25, 0.3) is 34.3 Å². The van der Waals surface area contributed by atoms with Gasteiger partial charge in [-0.05, 0) is 25.1 Å². The summed E-state index contributed by atoms with van der Waals surface area (Å²) in [6.07, 6.45) is 3.14. The van der Waals surface area contributed by atoms with Gasteiger partial charge in [-0.25, -0.2) is 23.4 Å². The van der Waals surface area contributed by atoms with Gasteiger partial charge in [0.2, 0.25) is 0 Å². The van der Waals surface area contributed by atoms with E-state index in [0.717, 1.165) is 18.6 Å². The van der Waals surface area contributed by atoms with E-state index in [2.05, 4.69) is 25.3 Å². The van der Waals surface area contributed by atoms with E-state index in [4.69, 9.17) is 4.42 Å². The smallest absolute Gasteiger partial charge is 0.333 e. The van der Waals surface area contributed by atoms with Gasteiger partial charge < -0.3 is 4.42 Å². The second kappa shape index (κ2) is 6.83. The Bertz CT molecular complexity index is 1140. The Morgan fingerprint density at radius 3 is 2.43 bits per heavy atom. The van der Waals surface area contributed by atoms with Crippen LogP contribution in [-0.2, 0) is 0 Å². The van der Waals surface area contributed by atoms with E-state index in [0.29, 0.717) is 4.68 Å². The Balaban J connectivity index is 1.74. The van der Waals surface area contributed by atoms with E-state index in [-0.39, 0.29) is 40.0 Å². The molecule has 4 aromatic heterocycles. The van der Waals surface area contributed by atoms with Crippen molar-refractivity contribution in [3.8, 4) is 34.3 Å². The first-order valence-electron chi connectivity index (χ1n) is 7.88. The van der Waals surface area contributed by atoms with Gasteiger partial charge in [-0.3, -0.25) is 0 Å². The zero-order chi connectivity index (χ0) is 19.8. The number of nitrogens with zero attached hydrogens (tertiary/aromatic N) is 6. The first kappa shape index (κ1) is 17.8. The summed E-state index contributed by atoms with van der Waals surface area (Å²) in [5.74, 6) is -1.22. The van der Waals surface area contributed by atoms with Crippen LogP contribution in [0.1, 0.15) is 12.2 Å². The third-order valence-electron chi connectivity index (χ3n) is 3.83. The van der Waals surface area contributed by atoms with Crippen molar-refractivity contribution in [2.45, 2.75) is 13.5 Å². The maximum Gasteiger partial charge on any atom is 0.333 e. The topological polar surface area (TPSA) is 82.5 Å². The molecule has 0 aliphatic carbocycles. The Morgan fingerprint density at radius 1 is 1.04 bits per heavy atom. The molecule has 0 atom stereocenters. The summed E-state index contributed by atoms with van der Waals surface area (Å²) in [5.41, 5.74) is 0.549. The second-order valence-electron chi connectivity index (χ2n) is 5.72. The molecule has 142 valence electrons. The van der Waals surface area contributed by atoms with Gasteiger partial charge in [0.1, 0.15) is 17.2 Å². The summed E-state index contributed by atoms with van der Waals surface area (Å²) in [5, 5.41) is 11.2. The number of aromatic nitrogens is 6. The zero-order valence-corrected chi connectivity index (χ0v) is 14.1. The normalized spacial score (nSPS) is 11.4. The molecule has 0 aromatic carbocycles. The lowest BCUT2D eigenvalue weighted by molar-refractivity contribution is 0.0566. The number of hydrogen-bond acceptors (Lipinski definition) is 6. The average molecular weight is 390 g/mol. The lowest BCUT2D eigenvalue weighted by Gasteiger charge is -2.05. The van der Waals surface area contributed by atoms with Crippen LogP contribution < -0.4 is 0 Å². The van der Waals surface area contributed by atoms with Crippen molar-refractivity contribution >= 4 is 0 Å². The SMILES string of the molecule is Cc1nc(-c2nnc(-c3ccc(F)cn3)o2)cc(-c2cnn(C(F)F)c2)c1F. The minimum Gasteiger partial charge on any atom is -0.413 e. The highest BCUT2D eigenvalue weighted by atomic mass is 19.3. The molecule has 0 unspecified atom stereocenters. The van der Waals surface area contributed by atoms with Crippen LogP contribution in [0.3, 0.4) is 0 Å². The summed E-state index contributed by atoms with van der Waals surface area (Å²) < 4.78 is 58.9. The Labute approximate surface area is 154 Å². The molecule has 0 aliphatic rings. The minimum absolute atomic E-state index is 0.00839. The third kappa shape index (κ3) is 3.21. The highest BCUT2D eigenvalue weighted by Gasteiger charge is 2.19. The van der Waals surface area contributed by atoms with E-state index < -0.39 is 18.2 Å². The molecule has 0 N–H and O–H groups in total. The van der Waals surface area contributed by atoms with Gasteiger partial charge in [-0.2, -0.15) is 13.9 Å². The van der Waals surface area contributed by atoms with Crippen molar-refractivity contribution in [2.75, 3.05) is 0 Å². The predicted octanol–water partition coefficient (Wildman–Crippen LogP) is 4.04. The second-order valence-corrected chi connectivity index (χ2v) is 5.72. The summed E-state index contributed by atoms with van der Waals surface area (Å²) in [6, 6.07) is 3.84. The quantitative estimate of drug-likeness (QED) is 0.489. The number of rotatable bonds is 4. The van der Waals surface area contributed by atoms with Gasteiger partial charge in [0, 0.05) is 17.3 Å². The monoisotopic (exact) mass is 390 g/mol. The lowest BCUT2D eigenvalue weighted by atomic mass is 10.1. The first-order chi connectivity index (χ1) is 13.4. The molecule has 0 radical (unpaired) electrons. The highest BCUT2D eigenvalue weighted by Crippen LogP contribution is 2.30. The van der Waals surface area contributed by atoms with Crippen molar-refractivity contribution in [1.29, 1.82) is 0 Å². The van der Waals surface area contributed by atoms with Crippen molar-refractivity contribution < 1.29 is 22.0 Å². The molecule has 28 heavy (non-hydrogen) atoms. The Kier molecular flexibility index (Phi) is 4.34. The van der Waals surface area contributed by atoms with Crippen LogP contribution in [-0.4, -0.2) is 29.9 Å². The number of halogens is 4. The lowest BCUT2D eigenvalue weighted by Crippen LogP contribution is -1.97. The molecule has 0 fully saturated rings. The van der Waals surface area contributed by atoms with E-state index in [1.54, 1.807) is 0 Å². The Hall–Kier alpha value is -3.63. The van der Waals surface area contributed by atoms with Crippen molar-refractivity contribution in [1.82, 2.24) is 29.9 Å². The highest BCUT2D eigenvalue weighted by molar-refractivity contribution is 5.68.